The van der Waals surface area contributed by atoms with Crippen molar-refractivity contribution in [2.45, 2.75) is 64.4 Å². The first kappa shape index (κ1) is 21.8. The summed E-state index contributed by atoms with van der Waals surface area (Å²) in [5, 5.41) is 12.6. The number of carbonyl (C=O) groups is 1. The SMILES string of the molecule is O=C(Cc1ccccc1)Nc1nc2c(nc1CC1CCCCC1)-c1ccc(CO)cc1CC2. The Morgan fingerprint density at radius 1 is 0.970 bits per heavy atom. The van der Waals surface area contributed by atoms with Crippen LogP contribution in [0.1, 0.15) is 60.2 Å². The summed E-state index contributed by atoms with van der Waals surface area (Å²) in [5.74, 6) is 1.18. The summed E-state index contributed by atoms with van der Waals surface area (Å²) in [7, 11) is 0. The molecular weight excluding hydrogens is 410 g/mol. The van der Waals surface area contributed by atoms with Crippen LogP contribution in [0.2, 0.25) is 0 Å². The number of aryl methyl sites for hydroxylation is 2. The molecule has 2 aliphatic carbocycles. The van der Waals surface area contributed by atoms with E-state index in [2.05, 4.69) is 17.4 Å². The lowest BCUT2D eigenvalue weighted by Crippen LogP contribution is -2.21. The first-order valence-corrected chi connectivity index (χ1v) is 12.2. The molecule has 0 spiro atoms. The predicted molar refractivity (Wildman–Crippen MR) is 130 cm³/mol. The molecule has 0 bridgehead atoms. The van der Waals surface area contributed by atoms with E-state index in [0.29, 0.717) is 18.2 Å². The van der Waals surface area contributed by atoms with Crippen LogP contribution in [-0.2, 0) is 37.1 Å². The highest BCUT2D eigenvalue weighted by molar-refractivity contribution is 5.92. The van der Waals surface area contributed by atoms with Crippen molar-refractivity contribution in [1.82, 2.24) is 9.97 Å². The van der Waals surface area contributed by atoms with Crippen LogP contribution in [0.4, 0.5) is 5.82 Å². The zero-order valence-electron chi connectivity index (χ0n) is 19.0. The van der Waals surface area contributed by atoms with Crippen molar-refractivity contribution in [3.8, 4) is 11.3 Å². The molecule has 5 rings (SSSR count). The van der Waals surface area contributed by atoms with Crippen LogP contribution in [0, 0.1) is 5.92 Å². The van der Waals surface area contributed by atoms with Crippen LogP contribution in [0.25, 0.3) is 11.3 Å². The molecule has 0 radical (unpaired) electrons. The third kappa shape index (κ3) is 4.98. The van der Waals surface area contributed by atoms with Gasteiger partial charge in [0.15, 0.2) is 5.82 Å². The number of aliphatic hydroxyl groups is 1. The van der Waals surface area contributed by atoms with E-state index in [4.69, 9.17) is 9.97 Å². The number of carbonyl (C=O) groups excluding carboxylic acids is 1. The molecule has 2 N–H and O–H groups in total. The molecule has 1 aromatic heterocycles. The molecule has 2 aliphatic rings. The smallest absolute Gasteiger partial charge is 0.229 e. The lowest BCUT2D eigenvalue weighted by molar-refractivity contribution is -0.115. The number of hydrogen-bond donors (Lipinski definition) is 2. The molecule has 2 aromatic carbocycles. The molecular formula is C28H31N3O2. The number of hydrogen-bond acceptors (Lipinski definition) is 4. The number of benzene rings is 2. The maximum Gasteiger partial charge on any atom is 0.229 e. The fraction of sp³-hybridized carbons (Fsp3) is 0.393. The van der Waals surface area contributed by atoms with E-state index in [1.165, 1.54) is 37.7 Å². The van der Waals surface area contributed by atoms with Gasteiger partial charge in [-0.1, -0.05) is 80.6 Å². The van der Waals surface area contributed by atoms with E-state index < -0.39 is 0 Å². The maximum atomic E-state index is 12.9. The number of aliphatic hydroxyl groups excluding tert-OH is 1. The average molecular weight is 442 g/mol. The van der Waals surface area contributed by atoms with Crippen LogP contribution >= 0.6 is 0 Å². The third-order valence-electron chi connectivity index (χ3n) is 6.95. The van der Waals surface area contributed by atoms with Gasteiger partial charge in [0.05, 0.1) is 30.1 Å². The fourth-order valence-corrected chi connectivity index (χ4v) is 5.20. The van der Waals surface area contributed by atoms with E-state index in [0.717, 1.165) is 53.0 Å². The Balaban J connectivity index is 1.47. The average Bonchev–Trinajstić information content (AvgIpc) is 2.85. The number of rotatable bonds is 6. The number of nitrogens with zero attached hydrogens (tertiary/aromatic N) is 2. The van der Waals surface area contributed by atoms with Crippen LogP contribution in [0.5, 0.6) is 0 Å². The largest absolute Gasteiger partial charge is 0.392 e. The normalized spacial score (nSPS) is 15.5. The maximum absolute atomic E-state index is 12.9. The Morgan fingerprint density at radius 3 is 2.58 bits per heavy atom. The van der Waals surface area contributed by atoms with Crippen molar-refractivity contribution in [1.29, 1.82) is 0 Å². The summed E-state index contributed by atoms with van der Waals surface area (Å²) >= 11 is 0. The highest BCUT2D eigenvalue weighted by Gasteiger charge is 2.24. The zero-order chi connectivity index (χ0) is 22.6. The van der Waals surface area contributed by atoms with Crippen LogP contribution in [0.15, 0.2) is 48.5 Å². The second-order valence-corrected chi connectivity index (χ2v) is 9.38. The summed E-state index contributed by atoms with van der Waals surface area (Å²) in [5.41, 5.74) is 7.02. The van der Waals surface area contributed by atoms with Gasteiger partial charge in [-0.05, 0) is 41.9 Å². The third-order valence-corrected chi connectivity index (χ3v) is 6.95. The number of nitrogens with one attached hydrogen (secondary N) is 1. The summed E-state index contributed by atoms with van der Waals surface area (Å²) in [6, 6.07) is 15.9. The van der Waals surface area contributed by atoms with Crippen molar-refractivity contribution in [2.75, 3.05) is 5.32 Å². The van der Waals surface area contributed by atoms with Gasteiger partial charge in [0.1, 0.15) is 0 Å². The molecule has 0 aliphatic heterocycles. The highest BCUT2D eigenvalue weighted by Crippen LogP contribution is 2.35. The van der Waals surface area contributed by atoms with Crippen LogP contribution < -0.4 is 5.32 Å². The monoisotopic (exact) mass is 441 g/mol. The molecule has 0 unspecified atom stereocenters. The predicted octanol–water partition coefficient (Wildman–Crippen LogP) is 5.04. The minimum absolute atomic E-state index is 0.0468. The quantitative estimate of drug-likeness (QED) is 0.562. The van der Waals surface area contributed by atoms with Gasteiger partial charge in [-0.25, -0.2) is 9.97 Å². The molecule has 33 heavy (non-hydrogen) atoms. The van der Waals surface area contributed by atoms with E-state index in [-0.39, 0.29) is 12.5 Å². The van der Waals surface area contributed by atoms with Gasteiger partial charge in [-0.3, -0.25) is 4.79 Å². The van der Waals surface area contributed by atoms with Gasteiger partial charge < -0.3 is 10.4 Å². The Labute approximate surface area is 195 Å². The van der Waals surface area contributed by atoms with Gasteiger partial charge in [0.25, 0.3) is 0 Å². The number of amides is 1. The van der Waals surface area contributed by atoms with E-state index in [1.54, 1.807) is 0 Å². The minimum atomic E-state index is -0.0517. The zero-order valence-corrected chi connectivity index (χ0v) is 19.0. The van der Waals surface area contributed by atoms with Gasteiger partial charge in [-0.2, -0.15) is 0 Å². The Kier molecular flexibility index (Phi) is 6.49. The molecule has 0 atom stereocenters. The van der Waals surface area contributed by atoms with Crippen molar-refractivity contribution in [3.63, 3.8) is 0 Å². The Hall–Kier alpha value is -3.05. The van der Waals surface area contributed by atoms with Gasteiger partial charge in [-0.15, -0.1) is 0 Å². The van der Waals surface area contributed by atoms with Crippen molar-refractivity contribution >= 4 is 11.7 Å². The summed E-state index contributed by atoms with van der Waals surface area (Å²) in [4.78, 5) is 22.9. The highest BCUT2D eigenvalue weighted by atomic mass is 16.3. The van der Waals surface area contributed by atoms with Crippen LogP contribution in [0.3, 0.4) is 0 Å². The molecule has 5 heteroatoms. The summed E-state index contributed by atoms with van der Waals surface area (Å²) in [6.45, 7) is 0.0468. The summed E-state index contributed by atoms with van der Waals surface area (Å²) in [6.07, 6.45) is 9.12. The minimum Gasteiger partial charge on any atom is -0.392 e. The van der Waals surface area contributed by atoms with E-state index in [9.17, 15) is 9.90 Å². The van der Waals surface area contributed by atoms with Gasteiger partial charge in [0.2, 0.25) is 5.91 Å². The first-order valence-electron chi connectivity index (χ1n) is 12.2. The standard InChI is InChI=1S/C28H31N3O2/c32-18-21-11-13-23-22(15-21)12-14-24-27(23)29-25(16-19-7-3-1-4-8-19)28(30-24)31-26(33)17-20-9-5-2-6-10-20/h2,5-6,9-11,13,15,19,32H,1,3-4,7-8,12,14,16-18H2,(H,30,31,33). The molecule has 3 aromatic rings. The Bertz CT molecular complexity index is 1140. The lowest BCUT2D eigenvalue weighted by Gasteiger charge is -2.25. The van der Waals surface area contributed by atoms with Gasteiger partial charge >= 0.3 is 0 Å². The molecule has 1 saturated carbocycles. The number of aromatic nitrogens is 2. The second kappa shape index (κ2) is 9.84. The molecule has 0 saturated heterocycles. The topological polar surface area (TPSA) is 75.1 Å². The van der Waals surface area contributed by atoms with Crippen molar-refractivity contribution in [2.24, 2.45) is 5.92 Å². The van der Waals surface area contributed by atoms with Crippen LogP contribution in [-0.4, -0.2) is 21.0 Å². The van der Waals surface area contributed by atoms with E-state index >= 15 is 0 Å². The van der Waals surface area contributed by atoms with Crippen molar-refractivity contribution < 1.29 is 9.90 Å². The van der Waals surface area contributed by atoms with Crippen molar-refractivity contribution in [3.05, 3.63) is 76.6 Å². The Morgan fingerprint density at radius 2 is 1.79 bits per heavy atom. The first-order chi connectivity index (χ1) is 16.2. The molecule has 170 valence electrons. The fourth-order valence-electron chi connectivity index (χ4n) is 5.20. The number of anilines is 1. The second-order valence-electron chi connectivity index (χ2n) is 9.38. The number of fused-ring (bicyclic) bond motifs is 3. The summed E-state index contributed by atoms with van der Waals surface area (Å²) < 4.78 is 0. The molecule has 1 fully saturated rings. The lowest BCUT2D eigenvalue weighted by atomic mass is 9.85. The van der Waals surface area contributed by atoms with Gasteiger partial charge in [0, 0.05) is 5.56 Å². The molecule has 1 heterocycles. The molecule has 5 nitrogen and oxygen atoms in total. The van der Waals surface area contributed by atoms with E-state index in [1.807, 2.05) is 36.4 Å². The molecule has 1 amide bonds.